The maximum absolute atomic E-state index is 12.0. The van der Waals surface area contributed by atoms with E-state index < -0.39 is 29.6 Å². The van der Waals surface area contributed by atoms with E-state index in [4.69, 9.17) is 0 Å². The van der Waals surface area contributed by atoms with Gasteiger partial charge in [0.15, 0.2) is 0 Å². The van der Waals surface area contributed by atoms with Crippen molar-refractivity contribution in [2.24, 2.45) is 0 Å². The van der Waals surface area contributed by atoms with Crippen molar-refractivity contribution in [3.63, 3.8) is 0 Å². The molecule has 0 fully saturated rings. The van der Waals surface area contributed by atoms with Crippen LogP contribution in [0.4, 0.5) is 0 Å². The second-order valence-electron chi connectivity index (χ2n) is 3.25. The van der Waals surface area contributed by atoms with Crippen LogP contribution in [-0.2, 0) is 14.3 Å². The third-order valence-corrected chi connectivity index (χ3v) is 6.55. The van der Waals surface area contributed by atoms with Crippen LogP contribution in [0.15, 0.2) is 28.7 Å². The first kappa shape index (κ1) is 15.3. The monoisotopic (exact) mass is 426 g/mol. The number of benzene rings is 1. The number of halogens is 2. The Kier molecular flexibility index (Phi) is 5.94. The minimum absolute atomic E-state index is 0.140. The van der Waals surface area contributed by atoms with E-state index in [-0.39, 0.29) is 10.4 Å². The van der Waals surface area contributed by atoms with Gasteiger partial charge in [-0.25, -0.2) is 0 Å². The zero-order valence-corrected chi connectivity index (χ0v) is 13.6. The van der Waals surface area contributed by atoms with Crippen molar-refractivity contribution in [1.82, 2.24) is 0 Å². The zero-order chi connectivity index (χ0) is 13.7. The third-order valence-electron chi connectivity index (χ3n) is 2.02. The van der Waals surface area contributed by atoms with E-state index in [1.54, 1.807) is 36.1 Å². The summed E-state index contributed by atoms with van der Waals surface area (Å²) in [6.07, 6.45) is 0. The fraction of sp³-hybridized carbons (Fsp3) is 0.250. The van der Waals surface area contributed by atoms with Crippen molar-refractivity contribution in [3.8, 4) is 0 Å². The Morgan fingerprint density at radius 3 is 2.28 bits per heavy atom. The fourth-order valence-corrected chi connectivity index (χ4v) is 3.95. The molecule has 1 aromatic carbocycles. The van der Waals surface area contributed by atoms with Gasteiger partial charge in [0.1, 0.15) is 0 Å². The average molecular weight is 427 g/mol. The Labute approximate surface area is 121 Å². The van der Waals surface area contributed by atoms with Gasteiger partial charge >= 0.3 is 121 Å². The van der Waals surface area contributed by atoms with Gasteiger partial charge in [-0.15, -0.1) is 0 Å². The molecule has 1 rings (SSSR count). The SMILES string of the molecule is CCOC(=O)C(=O)I(C)C(=O)c1ccc(Br)cc1. The number of hydrogen-bond donors (Lipinski definition) is 0. The molecule has 0 aliphatic rings. The molecule has 4 nitrogen and oxygen atoms in total. The first-order chi connectivity index (χ1) is 8.47. The molecular formula is C12H12BrIO4. The number of alkyl halides is 1. The van der Waals surface area contributed by atoms with Crippen LogP contribution in [-0.4, -0.2) is 25.1 Å². The molecule has 0 aliphatic heterocycles. The molecule has 0 amide bonds. The molecule has 0 atom stereocenters. The maximum atomic E-state index is 12.0. The summed E-state index contributed by atoms with van der Waals surface area (Å²) in [7, 11) is 0. The number of ether oxygens (including phenoxy) is 1. The Balaban J connectivity index is 2.81. The molecule has 0 N–H and O–H groups in total. The van der Waals surface area contributed by atoms with Gasteiger partial charge in [-0.1, -0.05) is 0 Å². The summed E-state index contributed by atoms with van der Waals surface area (Å²) >= 11 is 0.587. The van der Waals surface area contributed by atoms with Gasteiger partial charge in [0.25, 0.3) is 0 Å². The van der Waals surface area contributed by atoms with E-state index in [0.29, 0.717) is 5.56 Å². The van der Waals surface area contributed by atoms with Gasteiger partial charge in [0.2, 0.25) is 0 Å². The summed E-state index contributed by atoms with van der Waals surface area (Å²) in [6.45, 7) is 1.76. The molecule has 98 valence electrons. The molecule has 0 heterocycles. The van der Waals surface area contributed by atoms with Crippen molar-refractivity contribution < 1.29 is 19.1 Å². The van der Waals surface area contributed by atoms with E-state index in [2.05, 4.69) is 20.7 Å². The van der Waals surface area contributed by atoms with Crippen molar-refractivity contribution in [2.45, 2.75) is 6.92 Å². The van der Waals surface area contributed by atoms with E-state index in [9.17, 15) is 14.4 Å². The summed E-state index contributed by atoms with van der Waals surface area (Å²) < 4.78 is 4.58. The molecule has 0 spiro atoms. The Morgan fingerprint density at radius 2 is 1.78 bits per heavy atom. The molecule has 0 bridgehead atoms. The van der Waals surface area contributed by atoms with Crippen molar-refractivity contribution in [1.29, 1.82) is 0 Å². The number of esters is 1. The van der Waals surface area contributed by atoms with Gasteiger partial charge in [-0.2, -0.15) is 0 Å². The van der Waals surface area contributed by atoms with Crippen molar-refractivity contribution in [2.75, 3.05) is 11.5 Å². The standard InChI is InChI=1S/C12H12BrIO4/c1-3-18-12(17)11(16)14(2)10(15)8-4-6-9(13)7-5-8/h4-7H,3H2,1-2H3. The molecule has 0 aromatic heterocycles. The fourth-order valence-electron chi connectivity index (χ4n) is 1.13. The Bertz CT molecular complexity index is 469. The molecule has 0 unspecified atom stereocenters. The van der Waals surface area contributed by atoms with Gasteiger partial charge in [0, 0.05) is 0 Å². The van der Waals surface area contributed by atoms with Crippen LogP contribution in [0.25, 0.3) is 0 Å². The summed E-state index contributed by atoms with van der Waals surface area (Å²) in [4.78, 5) is 36.6. The zero-order valence-electron chi connectivity index (χ0n) is 9.91. The third kappa shape index (κ3) is 3.88. The van der Waals surface area contributed by atoms with Crippen LogP contribution in [0.1, 0.15) is 17.3 Å². The van der Waals surface area contributed by atoms with Crippen LogP contribution in [0.5, 0.6) is 0 Å². The van der Waals surface area contributed by atoms with Crippen LogP contribution in [0, 0.1) is 0 Å². The van der Waals surface area contributed by atoms with Crippen LogP contribution >= 0.6 is 35.7 Å². The number of carbonyl (C=O) groups is 3. The molecule has 6 heteroatoms. The minimum atomic E-state index is -2.68. The summed E-state index contributed by atoms with van der Waals surface area (Å²) in [6, 6.07) is 6.73. The normalized spacial score (nSPS) is 10.7. The molecule has 0 saturated heterocycles. The Morgan fingerprint density at radius 1 is 1.22 bits per heavy atom. The summed E-state index contributed by atoms with van der Waals surface area (Å²) in [5.41, 5.74) is 0.462. The number of rotatable bonds is 5. The van der Waals surface area contributed by atoms with E-state index in [1.165, 1.54) is 0 Å². The van der Waals surface area contributed by atoms with Gasteiger partial charge < -0.3 is 0 Å². The van der Waals surface area contributed by atoms with Crippen molar-refractivity contribution in [3.05, 3.63) is 34.3 Å². The predicted molar refractivity (Wildman–Crippen MR) is 80.1 cm³/mol. The second kappa shape index (κ2) is 6.98. The second-order valence-corrected chi connectivity index (χ2v) is 8.82. The first-order valence-corrected chi connectivity index (χ1v) is 10.2. The van der Waals surface area contributed by atoms with Gasteiger partial charge in [-0.3, -0.25) is 0 Å². The first-order valence-electron chi connectivity index (χ1n) is 5.08. The van der Waals surface area contributed by atoms with E-state index in [0.717, 1.165) is 4.47 Å². The van der Waals surface area contributed by atoms with Gasteiger partial charge in [0.05, 0.1) is 0 Å². The van der Waals surface area contributed by atoms with Crippen LogP contribution < -0.4 is 0 Å². The summed E-state index contributed by atoms with van der Waals surface area (Å²) in [5, 5.41) is 0. The van der Waals surface area contributed by atoms with Gasteiger partial charge in [-0.05, 0) is 0 Å². The average Bonchev–Trinajstić information content (AvgIpc) is 2.37. The quantitative estimate of drug-likeness (QED) is 0.239. The molecule has 0 radical (unpaired) electrons. The molecule has 0 saturated carbocycles. The molecule has 0 aliphatic carbocycles. The molecular weight excluding hydrogens is 415 g/mol. The van der Waals surface area contributed by atoms with Crippen LogP contribution in [0.2, 0.25) is 0 Å². The molecule has 1 aromatic rings. The number of hydrogen-bond acceptors (Lipinski definition) is 4. The number of carbonyl (C=O) groups excluding carboxylic acids is 3. The summed E-state index contributed by atoms with van der Waals surface area (Å²) in [5.74, 6) is -0.893. The van der Waals surface area contributed by atoms with Crippen LogP contribution in [0.3, 0.4) is 0 Å². The predicted octanol–water partition coefficient (Wildman–Crippen LogP) is 2.82. The van der Waals surface area contributed by atoms with Crippen molar-refractivity contribution >= 4 is 49.3 Å². The Hall–Kier alpha value is -0.760. The molecule has 18 heavy (non-hydrogen) atoms. The van der Waals surface area contributed by atoms with E-state index >= 15 is 0 Å². The van der Waals surface area contributed by atoms with E-state index in [1.807, 2.05) is 0 Å². The topological polar surface area (TPSA) is 60.4 Å².